The quantitative estimate of drug-likeness (QED) is 0.164. The Morgan fingerprint density at radius 1 is 1.03 bits per heavy atom. The fourth-order valence-electron chi connectivity index (χ4n) is 2.91. The average Bonchev–Trinajstić information content (AvgIpc) is 2.75. The van der Waals surface area contributed by atoms with Gasteiger partial charge < -0.3 is 10.1 Å². The van der Waals surface area contributed by atoms with E-state index >= 15 is 0 Å². The summed E-state index contributed by atoms with van der Waals surface area (Å²) in [5.41, 5.74) is 4.60. The number of anilines is 1. The predicted molar refractivity (Wildman–Crippen MR) is 154 cm³/mol. The molecule has 1 N–H and O–H groups in total. The second kappa shape index (κ2) is 11.5. The summed E-state index contributed by atoms with van der Waals surface area (Å²) in [5.74, 6) is 0.366. The largest absolute Gasteiger partial charge is 0.487 e. The average molecular weight is 760 g/mol. The highest BCUT2D eigenvalue weighted by Crippen LogP contribution is 2.31. The van der Waals surface area contributed by atoms with Crippen molar-refractivity contribution in [2.45, 2.75) is 20.5 Å². The van der Waals surface area contributed by atoms with Crippen molar-refractivity contribution in [1.29, 1.82) is 5.26 Å². The summed E-state index contributed by atoms with van der Waals surface area (Å²) in [6.07, 6.45) is 1.60. The fourth-order valence-corrected chi connectivity index (χ4v) is 5.40. The van der Waals surface area contributed by atoms with Gasteiger partial charge in [-0.15, -0.1) is 0 Å². The summed E-state index contributed by atoms with van der Waals surface area (Å²) in [7, 11) is 0. The van der Waals surface area contributed by atoms with Crippen molar-refractivity contribution < 1.29 is 9.53 Å². The molecule has 0 aromatic heterocycles. The van der Waals surface area contributed by atoms with Gasteiger partial charge in [-0.05, 0) is 140 Å². The maximum absolute atomic E-state index is 12.7. The van der Waals surface area contributed by atoms with Crippen LogP contribution in [0.15, 0.2) is 60.2 Å². The fraction of sp³-hybridized carbons (Fsp3) is 0.120. The Bertz CT molecular complexity index is 1210. The van der Waals surface area contributed by atoms with Crippen LogP contribution in [0.2, 0.25) is 0 Å². The topological polar surface area (TPSA) is 62.1 Å². The molecule has 0 aliphatic carbocycles. The number of rotatable bonds is 6. The molecule has 0 saturated carbocycles. The number of hydrogen-bond donors (Lipinski definition) is 1. The van der Waals surface area contributed by atoms with Crippen molar-refractivity contribution in [2.24, 2.45) is 0 Å². The SMILES string of the molecule is Cc1ccc(C)c(NC(=O)/C(C#N)=C/c2cc(I)c(OCc3ccc(I)cc3)c(I)c2)c1. The summed E-state index contributed by atoms with van der Waals surface area (Å²) in [6.45, 7) is 4.35. The van der Waals surface area contributed by atoms with E-state index in [0.29, 0.717) is 12.3 Å². The highest BCUT2D eigenvalue weighted by atomic mass is 127. The van der Waals surface area contributed by atoms with Gasteiger partial charge in [0.05, 0.1) is 7.14 Å². The molecule has 162 valence electrons. The smallest absolute Gasteiger partial charge is 0.266 e. The lowest BCUT2D eigenvalue weighted by atomic mass is 10.1. The zero-order valence-electron chi connectivity index (χ0n) is 17.4. The van der Waals surface area contributed by atoms with E-state index in [1.165, 1.54) is 3.57 Å². The van der Waals surface area contributed by atoms with Crippen LogP contribution in [0, 0.1) is 35.9 Å². The van der Waals surface area contributed by atoms with Crippen molar-refractivity contribution in [3.05, 3.63) is 93.1 Å². The van der Waals surface area contributed by atoms with Gasteiger partial charge in [-0.25, -0.2) is 0 Å². The van der Waals surface area contributed by atoms with Crippen LogP contribution in [0.4, 0.5) is 5.69 Å². The third-order valence-corrected chi connectivity index (χ3v) is 6.96. The lowest BCUT2D eigenvalue weighted by Crippen LogP contribution is -2.14. The van der Waals surface area contributed by atoms with Crippen molar-refractivity contribution in [2.75, 3.05) is 5.32 Å². The number of amides is 1. The van der Waals surface area contributed by atoms with Gasteiger partial charge in [0.15, 0.2) is 0 Å². The molecular formula is C25H19I3N2O2. The molecule has 1 amide bonds. The van der Waals surface area contributed by atoms with Gasteiger partial charge in [0, 0.05) is 9.26 Å². The van der Waals surface area contributed by atoms with Crippen LogP contribution in [0.3, 0.4) is 0 Å². The molecule has 0 fully saturated rings. The highest BCUT2D eigenvalue weighted by Gasteiger charge is 2.13. The van der Waals surface area contributed by atoms with E-state index in [-0.39, 0.29) is 5.57 Å². The second-order valence-corrected chi connectivity index (χ2v) is 10.7. The Hall–Kier alpha value is -1.65. The molecular weight excluding hydrogens is 741 g/mol. The van der Waals surface area contributed by atoms with Crippen LogP contribution in [0.5, 0.6) is 5.75 Å². The molecule has 0 aliphatic rings. The van der Waals surface area contributed by atoms with Crippen molar-refractivity contribution in [3.8, 4) is 11.8 Å². The first kappa shape index (κ1) is 25.0. The van der Waals surface area contributed by atoms with E-state index in [9.17, 15) is 10.1 Å². The van der Waals surface area contributed by atoms with Gasteiger partial charge in [0.2, 0.25) is 0 Å². The molecule has 3 rings (SSSR count). The summed E-state index contributed by atoms with van der Waals surface area (Å²) < 4.78 is 9.06. The number of nitrogens with one attached hydrogen (secondary N) is 1. The number of aryl methyl sites for hydroxylation is 2. The van der Waals surface area contributed by atoms with E-state index in [1.54, 1.807) is 6.08 Å². The number of carbonyl (C=O) groups excluding carboxylic acids is 1. The Balaban J connectivity index is 1.78. The number of nitriles is 1. The first-order chi connectivity index (χ1) is 15.3. The number of hydrogen-bond acceptors (Lipinski definition) is 3. The normalized spacial score (nSPS) is 11.1. The number of nitrogens with zero attached hydrogens (tertiary/aromatic N) is 1. The van der Waals surface area contributed by atoms with E-state index < -0.39 is 5.91 Å². The minimum atomic E-state index is -0.426. The van der Waals surface area contributed by atoms with Gasteiger partial charge in [0.1, 0.15) is 24.0 Å². The summed E-state index contributed by atoms with van der Waals surface area (Å²) in [6, 6.07) is 19.9. The van der Waals surface area contributed by atoms with Gasteiger partial charge in [0.25, 0.3) is 5.91 Å². The first-order valence-corrected chi connectivity index (χ1v) is 12.9. The molecule has 0 radical (unpaired) electrons. The van der Waals surface area contributed by atoms with Gasteiger partial charge in [-0.3, -0.25) is 4.79 Å². The highest BCUT2D eigenvalue weighted by molar-refractivity contribution is 14.1. The second-order valence-electron chi connectivity index (χ2n) is 7.17. The zero-order chi connectivity index (χ0) is 23.3. The van der Waals surface area contributed by atoms with Gasteiger partial charge in [-0.2, -0.15) is 5.26 Å². The molecule has 0 heterocycles. The Morgan fingerprint density at radius 3 is 2.31 bits per heavy atom. The lowest BCUT2D eigenvalue weighted by Gasteiger charge is -2.12. The molecule has 0 aliphatic heterocycles. The van der Waals surface area contributed by atoms with Gasteiger partial charge in [-0.1, -0.05) is 24.3 Å². The van der Waals surface area contributed by atoms with Crippen molar-refractivity contribution >= 4 is 85.4 Å². The molecule has 0 spiro atoms. The molecule has 0 bridgehead atoms. The van der Waals surface area contributed by atoms with Crippen molar-refractivity contribution in [1.82, 2.24) is 0 Å². The van der Waals surface area contributed by atoms with Crippen LogP contribution in [0.1, 0.15) is 22.3 Å². The lowest BCUT2D eigenvalue weighted by molar-refractivity contribution is -0.112. The molecule has 0 saturated heterocycles. The molecule has 0 unspecified atom stereocenters. The number of benzene rings is 3. The molecule has 3 aromatic rings. The van der Waals surface area contributed by atoms with Crippen LogP contribution in [-0.2, 0) is 11.4 Å². The van der Waals surface area contributed by atoms with E-state index in [4.69, 9.17) is 4.74 Å². The standard InChI is InChI=1S/C25H19I3N2O2/c1-15-3-4-16(2)23(9-15)30-25(31)19(13-29)10-18-11-21(27)24(22(28)12-18)32-14-17-5-7-20(26)8-6-17/h3-12H,14H2,1-2H3,(H,30,31)/b19-10+. The molecule has 7 heteroatoms. The number of ether oxygens (including phenoxy) is 1. The van der Waals surface area contributed by atoms with Crippen LogP contribution in [0.25, 0.3) is 6.08 Å². The Kier molecular flexibility index (Phi) is 8.95. The van der Waals surface area contributed by atoms with E-state index in [1.807, 2.05) is 62.4 Å². The van der Waals surface area contributed by atoms with Gasteiger partial charge >= 0.3 is 0 Å². The summed E-state index contributed by atoms with van der Waals surface area (Å²) in [5, 5.41) is 12.4. The summed E-state index contributed by atoms with van der Waals surface area (Å²) >= 11 is 6.71. The van der Waals surface area contributed by atoms with Crippen LogP contribution < -0.4 is 10.1 Å². The third-order valence-electron chi connectivity index (χ3n) is 4.63. The monoisotopic (exact) mass is 760 g/mol. The molecule has 4 nitrogen and oxygen atoms in total. The molecule has 0 atom stereocenters. The summed E-state index contributed by atoms with van der Waals surface area (Å²) in [4.78, 5) is 12.7. The third kappa shape index (κ3) is 6.68. The Labute approximate surface area is 228 Å². The number of carbonyl (C=O) groups is 1. The minimum absolute atomic E-state index is 0.0464. The maximum atomic E-state index is 12.7. The van der Waals surface area contributed by atoms with Crippen LogP contribution in [-0.4, -0.2) is 5.91 Å². The number of halogens is 3. The van der Waals surface area contributed by atoms with Crippen LogP contribution >= 0.6 is 67.8 Å². The van der Waals surface area contributed by atoms with E-state index in [2.05, 4.69) is 85.2 Å². The molecule has 32 heavy (non-hydrogen) atoms. The first-order valence-electron chi connectivity index (χ1n) is 9.63. The van der Waals surface area contributed by atoms with E-state index in [0.717, 1.165) is 35.1 Å². The van der Waals surface area contributed by atoms with Crippen molar-refractivity contribution in [3.63, 3.8) is 0 Å². The Morgan fingerprint density at radius 2 is 1.69 bits per heavy atom. The molecule has 3 aromatic carbocycles. The predicted octanol–water partition coefficient (Wildman–Crippen LogP) is 7.24. The maximum Gasteiger partial charge on any atom is 0.266 e. The minimum Gasteiger partial charge on any atom is -0.487 e. The zero-order valence-corrected chi connectivity index (χ0v) is 23.9.